The van der Waals surface area contributed by atoms with E-state index in [4.69, 9.17) is 10.00 Å². The first-order chi connectivity index (χ1) is 9.19. The molecule has 1 N–H and O–H groups in total. The SMILES string of the molecule is CCOc1ccccc1C(=O)NCC(=O)OCC#N. The van der Waals surface area contributed by atoms with Gasteiger partial charge in [-0.2, -0.15) is 5.26 Å². The number of carbonyl (C=O) groups excluding carboxylic acids is 2. The molecule has 0 aromatic heterocycles. The van der Waals surface area contributed by atoms with Crippen LogP contribution in [-0.2, 0) is 9.53 Å². The maximum Gasteiger partial charge on any atom is 0.326 e. The largest absolute Gasteiger partial charge is 0.493 e. The molecule has 0 unspecified atom stereocenters. The molecule has 0 aliphatic carbocycles. The molecular formula is C13H14N2O4. The summed E-state index contributed by atoms with van der Waals surface area (Å²) in [5.74, 6) is -0.644. The van der Waals surface area contributed by atoms with E-state index < -0.39 is 11.9 Å². The highest BCUT2D eigenvalue weighted by Gasteiger charge is 2.13. The second-order valence-corrected chi connectivity index (χ2v) is 3.43. The average Bonchev–Trinajstić information content (AvgIpc) is 2.43. The van der Waals surface area contributed by atoms with Crippen LogP contribution >= 0.6 is 0 Å². The van der Waals surface area contributed by atoms with Gasteiger partial charge in [0, 0.05) is 0 Å². The van der Waals surface area contributed by atoms with Crippen LogP contribution in [0.25, 0.3) is 0 Å². The molecule has 100 valence electrons. The van der Waals surface area contributed by atoms with Gasteiger partial charge in [-0.1, -0.05) is 12.1 Å². The van der Waals surface area contributed by atoms with Crippen molar-refractivity contribution in [3.63, 3.8) is 0 Å². The van der Waals surface area contributed by atoms with Gasteiger partial charge in [-0.25, -0.2) is 0 Å². The molecule has 6 nitrogen and oxygen atoms in total. The molecule has 1 aromatic carbocycles. The summed E-state index contributed by atoms with van der Waals surface area (Å²) < 4.78 is 9.82. The number of hydrogen-bond donors (Lipinski definition) is 1. The van der Waals surface area contributed by atoms with Gasteiger partial charge in [0.1, 0.15) is 18.4 Å². The summed E-state index contributed by atoms with van der Waals surface area (Å²) in [4.78, 5) is 23.0. The lowest BCUT2D eigenvalue weighted by Gasteiger charge is -2.09. The Morgan fingerprint density at radius 1 is 1.37 bits per heavy atom. The summed E-state index contributed by atoms with van der Waals surface area (Å²) in [6.45, 7) is 1.63. The van der Waals surface area contributed by atoms with Gasteiger partial charge in [-0.3, -0.25) is 9.59 Å². The summed E-state index contributed by atoms with van der Waals surface area (Å²) in [5, 5.41) is 10.6. The Bertz CT molecular complexity index is 494. The minimum atomic E-state index is -0.663. The summed E-state index contributed by atoms with van der Waals surface area (Å²) in [6, 6.07) is 8.39. The Balaban J connectivity index is 2.59. The number of hydrogen-bond acceptors (Lipinski definition) is 5. The average molecular weight is 262 g/mol. The summed E-state index contributed by atoms with van der Waals surface area (Å²) >= 11 is 0. The molecule has 0 spiro atoms. The van der Waals surface area contributed by atoms with Gasteiger partial charge < -0.3 is 14.8 Å². The number of esters is 1. The third kappa shape index (κ3) is 4.68. The molecule has 0 fully saturated rings. The van der Waals surface area contributed by atoms with Crippen LogP contribution < -0.4 is 10.1 Å². The first kappa shape index (κ1) is 14.5. The van der Waals surface area contributed by atoms with Gasteiger partial charge in [0.25, 0.3) is 5.91 Å². The Morgan fingerprint density at radius 2 is 2.11 bits per heavy atom. The minimum absolute atomic E-state index is 0.291. The van der Waals surface area contributed by atoms with Gasteiger partial charge in [0.15, 0.2) is 6.61 Å². The topological polar surface area (TPSA) is 88.4 Å². The van der Waals surface area contributed by atoms with E-state index >= 15 is 0 Å². The van der Waals surface area contributed by atoms with Crippen LogP contribution in [0.4, 0.5) is 0 Å². The third-order valence-corrected chi connectivity index (χ3v) is 2.12. The van der Waals surface area contributed by atoms with Crippen molar-refractivity contribution in [2.24, 2.45) is 0 Å². The molecule has 19 heavy (non-hydrogen) atoms. The normalized spacial score (nSPS) is 9.26. The molecule has 1 amide bonds. The fraction of sp³-hybridized carbons (Fsp3) is 0.308. The number of nitrogens with one attached hydrogen (secondary N) is 1. The Morgan fingerprint density at radius 3 is 2.79 bits per heavy atom. The predicted molar refractivity (Wildman–Crippen MR) is 66.5 cm³/mol. The van der Waals surface area contributed by atoms with Crippen molar-refractivity contribution in [3.8, 4) is 11.8 Å². The van der Waals surface area contributed by atoms with Crippen LogP contribution in [0.5, 0.6) is 5.75 Å². The third-order valence-electron chi connectivity index (χ3n) is 2.12. The van der Waals surface area contributed by atoms with Crippen molar-refractivity contribution in [3.05, 3.63) is 29.8 Å². The lowest BCUT2D eigenvalue weighted by molar-refractivity contribution is -0.140. The van der Waals surface area contributed by atoms with Gasteiger partial charge in [0.05, 0.1) is 12.2 Å². The zero-order valence-electron chi connectivity index (χ0n) is 10.5. The fourth-order valence-electron chi connectivity index (χ4n) is 1.35. The zero-order valence-corrected chi connectivity index (χ0v) is 10.5. The number of para-hydroxylation sites is 1. The predicted octanol–water partition coefficient (Wildman–Crippen LogP) is 0.882. The van der Waals surface area contributed by atoms with E-state index in [2.05, 4.69) is 10.1 Å². The van der Waals surface area contributed by atoms with Crippen LogP contribution in [0.1, 0.15) is 17.3 Å². The first-order valence-electron chi connectivity index (χ1n) is 5.71. The number of ether oxygens (including phenoxy) is 2. The molecular weight excluding hydrogens is 248 g/mol. The highest BCUT2D eigenvalue weighted by atomic mass is 16.5. The Hall–Kier alpha value is -2.55. The van der Waals surface area contributed by atoms with Crippen LogP contribution in [0, 0.1) is 11.3 Å². The molecule has 1 aromatic rings. The molecule has 0 saturated carbocycles. The van der Waals surface area contributed by atoms with Crippen molar-refractivity contribution in [1.82, 2.24) is 5.32 Å². The van der Waals surface area contributed by atoms with Crippen LogP contribution in [0.15, 0.2) is 24.3 Å². The highest BCUT2D eigenvalue weighted by molar-refractivity contribution is 5.98. The number of amides is 1. The Kier molecular flexibility index (Phi) is 5.89. The van der Waals surface area contributed by atoms with Gasteiger partial charge >= 0.3 is 5.97 Å². The quantitative estimate of drug-likeness (QED) is 0.769. The maximum atomic E-state index is 11.9. The van der Waals surface area contributed by atoms with Crippen molar-refractivity contribution >= 4 is 11.9 Å². The number of nitrogens with zero attached hydrogens (tertiary/aromatic N) is 1. The first-order valence-corrected chi connectivity index (χ1v) is 5.71. The summed E-state index contributed by atoms with van der Waals surface area (Å²) in [6.07, 6.45) is 0. The molecule has 0 radical (unpaired) electrons. The van der Waals surface area contributed by atoms with Crippen LogP contribution in [-0.4, -0.2) is 31.6 Å². The smallest absolute Gasteiger partial charge is 0.326 e. The van der Waals surface area contributed by atoms with E-state index in [1.807, 2.05) is 6.92 Å². The molecule has 0 aliphatic rings. The number of benzene rings is 1. The second-order valence-electron chi connectivity index (χ2n) is 3.43. The van der Waals surface area contributed by atoms with E-state index in [-0.39, 0.29) is 13.2 Å². The van der Waals surface area contributed by atoms with Crippen molar-refractivity contribution in [2.45, 2.75) is 6.92 Å². The van der Waals surface area contributed by atoms with Crippen LogP contribution in [0.2, 0.25) is 0 Å². The standard InChI is InChI=1S/C13H14N2O4/c1-2-18-11-6-4-3-5-10(11)13(17)15-9-12(16)19-8-7-14/h3-6H,2,8-9H2,1H3,(H,15,17). The molecule has 0 bridgehead atoms. The molecule has 0 heterocycles. The monoisotopic (exact) mass is 262 g/mol. The Labute approximate surface area is 110 Å². The minimum Gasteiger partial charge on any atom is -0.493 e. The molecule has 0 saturated heterocycles. The van der Waals surface area contributed by atoms with E-state index in [9.17, 15) is 9.59 Å². The number of rotatable bonds is 6. The maximum absolute atomic E-state index is 11.9. The molecule has 6 heteroatoms. The molecule has 0 atom stereocenters. The summed E-state index contributed by atoms with van der Waals surface area (Å²) in [7, 11) is 0. The molecule has 1 rings (SSSR count). The lowest BCUT2D eigenvalue weighted by atomic mass is 10.2. The fourth-order valence-corrected chi connectivity index (χ4v) is 1.35. The van der Waals surface area contributed by atoms with Crippen LogP contribution in [0.3, 0.4) is 0 Å². The summed E-state index contributed by atoms with van der Waals surface area (Å²) in [5.41, 5.74) is 0.345. The zero-order chi connectivity index (χ0) is 14.1. The number of carbonyl (C=O) groups is 2. The highest BCUT2D eigenvalue weighted by Crippen LogP contribution is 2.17. The lowest BCUT2D eigenvalue weighted by Crippen LogP contribution is -2.31. The molecule has 0 aliphatic heterocycles. The van der Waals surface area contributed by atoms with Gasteiger partial charge in [0.2, 0.25) is 0 Å². The van der Waals surface area contributed by atoms with Crippen molar-refractivity contribution < 1.29 is 19.1 Å². The van der Waals surface area contributed by atoms with Crippen molar-refractivity contribution in [2.75, 3.05) is 19.8 Å². The van der Waals surface area contributed by atoms with E-state index in [0.29, 0.717) is 17.9 Å². The van der Waals surface area contributed by atoms with E-state index in [0.717, 1.165) is 0 Å². The van der Waals surface area contributed by atoms with Gasteiger partial charge in [-0.05, 0) is 19.1 Å². The second kappa shape index (κ2) is 7.71. The van der Waals surface area contributed by atoms with Gasteiger partial charge in [-0.15, -0.1) is 0 Å². The number of nitriles is 1. The van der Waals surface area contributed by atoms with E-state index in [1.54, 1.807) is 30.3 Å². The van der Waals surface area contributed by atoms with Crippen molar-refractivity contribution in [1.29, 1.82) is 5.26 Å². The van der Waals surface area contributed by atoms with E-state index in [1.165, 1.54) is 0 Å².